The van der Waals surface area contributed by atoms with E-state index < -0.39 is 23.5 Å². The van der Waals surface area contributed by atoms with Crippen molar-refractivity contribution in [3.63, 3.8) is 0 Å². The summed E-state index contributed by atoms with van der Waals surface area (Å²) in [5.74, 6) is 0. The quantitative estimate of drug-likeness (QED) is 0.554. The van der Waals surface area contributed by atoms with Crippen molar-refractivity contribution in [3.8, 4) is 11.3 Å². The Kier molecular flexibility index (Phi) is 3.83. The van der Waals surface area contributed by atoms with Crippen LogP contribution in [0, 0.1) is 0 Å². The van der Waals surface area contributed by atoms with Gasteiger partial charge in [0.05, 0.1) is 16.8 Å². The Bertz CT molecular complexity index is 633. The van der Waals surface area contributed by atoms with Crippen LogP contribution < -0.4 is 0 Å². The third-order valence-corrected chi connectivity index (χ3v) is 2.72. The summed E-state index contributed by atoms with van der Waals surface area (Å²) in [5.41, 5.74) is -3.31. The zero-order chi connectivity index (χ0) is 15.8. The van der Waals surface area contributed by atoms with E-state index in [2.05, 4.69) is 9.97 Å². The van der Waals surface area contributed by atoms with E-state index in [1.54, 1.807) is 0 Å². The van der Waals surface area contributed by atoms with Gasteiger partial charge in [0.2, 0.25) is 0 Å². The normalized spacial score (nSPS) is 12.5. The van der Waals surface area contributed by atoms with E-state index in [1.807, 2.05) is 0 Å². The lowest BCUT2D eigenvalue weighted by atomic mass is 10.0. The molecular formula is C12H5ClF6N2. The summed E-state index contributed by atoms with van der Waals surface area (Å²) in [6, 6.07) is 2.28. The van der Waals surface area contributed by atoms with E-state index in [-0.39, 0.29) is 22.5 Å². The Hall–Kier alpha value is -1.83. The van der Waals surface area contributed by atoms with E-state index in [0.717, 1.165) is 12.4 Å². The molecule has 0 spiro atoms. The predicted molar refractivity (Wildman–Crippen MR) is 62.5 cm³/mol. The molecule has 2 nitrogen and oxygen atoms in total. The lowest BCUT2D eigenvalue weighted by molar-refractivity contribution is -0.143. The van der Waals surface area contributed by atoms with E-state index in [1.165, 1.54) is 0 Å². The minimum absolute atomic E-state index is 0.0479. The fraction of sp³-hybridized carbons (Fsp3) is 0.167. The van der Waals surface area contributed by atoms with Crippen LogP contribution in [0.25, 0.3) is 11.3 Å². The Morgan fingerprint density at radius 3 is 1.71 bits per heavy atom. The topological polar surface area (TPSA) is 25.8 Å². The molecule has 2 rings (SSSR count). The molecule has 0 bridgehead atoms. The van der Waals surface area contributed by atoms with Gasteiger partial charge in [-0.1, -0.05) is 11.6 Å². The van der Waals surface area contributed by atoms with Crippen LogP contribution in [0.2, 0.25) is 5.15 Å². The lowest BCUT2D eigenvalue weighted by Gasteiger charge is -2.14. The number of rotatable bonds is 1. The SMILES string of the molecule is FC(F)(F)c1cc(-c2cc(Cl)ncn2)cc(C(F)(F)F)c1. The standard InChI is InChI=1S/C12H5ClF6N2/c13-10-4-9(20-5-21-10)6-1-7(11(14,15)16)3-8(2-6)12(17,18)19/h1-5H. The van der Waals surface area contributed by atoms with Crippen LogP contribution in [0.15, 0.2) is 30.6 Å². The van der Waals surface area contributed by atoms with Crippen molar-refractivity contribution in [2.45, 2.75) is 12.4 Å². The zero-order valence-electron chi connectivity index (χ0n) is 9.93. The molecule has 112 valence electrons. The largest absolute Gasteiger partial charge is 0.416 e. The number of hydrogen-bond donors (Lipinski definition) is 0. The summed E-state index contributed by atoms with van der Waals surface area (Å²) in [6.07, 6.45) is -8.87. The second-order valence-corrected chi connectivity index (χ2v) is 4.41. The zero-order valence-corrected chi connectivity index (χ0v) is 10.7. The minimum Gasteiger partial charge on any atom is -0.236 e. The smallest absolute Gasteiger partial charge is 0.236 e. The highest BCUT2D eigenvalue weighted by atomic mass is 35.5. The highest BCUT2D eigenvalue weighted by molar-refractivity contribution is 6.29. The van der Waals surface area contributed by atoms with E-state index in [9.17, 15) is 26.3 Å². The average Bonchev–Trinajstić information content (AvgIpc) is 2.36. The third kappa shape index (κ3) is 3.63. The average molecular weight is 327 g/mol. The van der Waals surface area contributed by atoms with Gasteiger partial charge in [-0.25, -0.2) is 9.97 Å². The highest BCUT2D eigenvalue weighted by Crippen LogP contribution is 2.38. The fourth-order valence-electron chi connectivity index (χ4n) is 1.59. The lowest BCUT2D eigenvalue weighted by Crippen LogP contribution is -2.11. The predicted octanol–water partition coefficient (Wildman–Crippen LogP) is 4.83. The molecule has 0 aliphatic rings. The van der Waals surface area contributed by atoms with Crippen molar-refractivity contribution >= 4 is 11.6 Å². The Labute approximate surface area is 119 Å². The van der Waals surface area contributed by atoms with Crippen LogP contribution in [0.4, 0.5) is 26.3 Å². The van der Waals surface area contributed by atoms with E-state index >= 15 is 0 Å². The van der Waals surface area contributed by atoms with Gasteiger partial charge in [0, 0.05) is 11.6 Å². The minimum atomic E-state index is -4.91. The van der Waals surface area contributed by atoms with Crippen molar-refractivity contribution in [2.75, 3.05) is 0 Å². The molecule has 0 aliphatic carbocycles. The molecular weight excluding hydrogens is 322 g/mol. The van der Waals surface area contributed by atoms with Gasteiger partial charge in [-0.05, 0) is 18.2 Å². The van der Waals surface area contributed by atoms with Gasteiger partial charge in [0.15, 0.2) is 0 Å². The molecule has 1 heterocycles. The Balaban J connectivity index is 2.66. The number of benzene rings is 1. The molecule has 1 aromatic heterocycles. The second kappa shape index (κ2) is 5.18. The molecule has 9 heteroatoms. The monoisotopic (exact) mass is 326 g/mol. The molecule has 21 heavy (non-hydrogen) atoms. The maximum absolute atomic E-state index is 12.7. The first kappa shape index (κ1) is 15.6. The summed E-state index contributed by atoms with van der Waals surface area (Å²) < 4.78 is 76.2. The molecule has 0 unspecified atom stereocenters. The summed E-state index contributed by atoms with van der Waals surface area (Å²) in [5, 5.41) is -0.0917. The van der Waals surface area contributed by atoms with Gasteiger partial charge in [-0.3, -0.25) is 0 Å². The highest BCUT2D eigenvalue weighted by Gasteiger charge is 2.37. The van der Waals surface area contributed by atoms with E-state index in [0.29, 0.717) is 12.1 Å². The van der Waals surface area contributed by atoms with Gasteiger partial charge in [-0.2, -0.15) is 26.3 Å². The maximum Gasteiger partial charge on any atom is 0.416 e. The third-order valence-electron chi connectivity index (χ3n) is 2.52. The number of aromatic nitrogens is 2. The van der Waals surface area contributed by atoms with Crippen LogP contribution >= 0.6 is 11.6 Å². The van der Waals surface area contributed by atoms with Crippen LogP contribution in [-0.4, -0.2) is 9.97 Å². The summed E-state index contributed by atoms with van der Waals surface area (Å²) in [7, 11) is 0. The van der Waals surface area contributed by atoms with Gasteiger partial charge < -0.3 is 0 Å². The number of nitrogens with zero attached hydrogens (tertiary/aromatic N) is 2. The first-order valence-corrected chi connectivity index (χ1v) is 5.72. The fourth-order valence-corrected chi connectivity index (χ4v) is 1.74. The molecule has 0 saturated carbocycles. The van der Waals surface area contributed by atoms with Crippen molar-refractivity contribution in [1.29, 1.82) is 0 Å². The molecule has 0 fully saturated rings. The molecule has 0 N–H and O–H groups in total. The molecule has 0 atom stereocenters. The number of halogens is 7. The molecule has 1 aromatic carbocycles. The van der Waals surface area contributed by atoms with Gasteiger partial charge >= 0.3 is 12.4 Å². The second-order valence-electron chi connectivity index (χ2n) is 4.02. The maximum atomic E-state index is 12.7. The summed E-state index contributed by atoms with van der Waals surface area (Å²) in [6.45, 7) is 0. The number of hydrogen-bond acceptors (Lipinski definition) is 2. The summed E-state index contributed by atoms with van der Waals surface area (Å²) in [4.78, 5) is 7.14. The first-order valence-electron chi connectivity index (χ1n) is 5.35. The van der Waals surface area contributed by atoms with Crippen molar-refractivity contribution < 1.29 is 26.3 Å². The van der Waals surface area contributed by atoms with Crippen LogP contribution in [-0.2, 0) is 12.4 Å². The van der Waals surface area contributed by atoms with Crippen molar-refractivity contribution in [3.05, 3.63) is 46.9 Å². The Morgan fingerprint density at radius 1 is 0.762 bits per heavy atom. The summed E-state index contributed by atoms with van der Waals surface area (Å²) >= 11 is 5.56. The van der Waals surface area contributed by atoms with E-state index in [4.69, 9.17) is 11.6 Å². The van der Waals surface area contributed by atoms with Crippen LogP contribution in [0.5, 0.6) is 0 Å². The van der Waals surface area contributed by atoms with Gasteiger partial charge in [0.1, 0.15) is 11.5 Å². The number of alkyl halides is 6. The Morgan fingerprint density at radius 2 is 1.29 bits per heavy atom. The molecule has 0 aliphatic heterocycles. The first-order chi connectivity index (χ1) is 9.57. The van der Waals surface area contributed by atoms with Gasteiger partial charge in [0.25, 0.3) is 0 Å². The van der Waals surface area contributed by atoms with Crippen molar-refractivity contribution in [1.82, 2.24) is 9.97 Å². The van der Waals surface area contributed by atoms with Gasteiger partial charge in [-0.15, -0.1) is 0 Å². The van der Waals surface area contributed by atoms with Crippen LogP contribution in [0.3, 0.4) is 0 Å². The molecule has 0 radical (unpaired) electrons. The molecule has 0 saturated heterocycles. The van der Waals surface area contributed by atoms with Crippen molar-refractivity contribution in [2.24, 2.45) is 0 Å². The molecule has 2 aromatic rings. The molecule has 0 amide bonds. The van der Waals surface area contributed by atoms with Crippen LogP contribution in [0.1, 0.15) is 11.1 Å².